The van der Waals surface area contributed by atoms with E-state index in [1.165, 1.54) is 12.4 Å². The molecule has 7 nitrogen and oxygen atoms in total. The van der Waals surface area contributed by atoms with Gasteiger partial charge in [-0.25, -0.2) is 9.97 Å². The lowest BCUT2D eigenvalue weighted by Crippen LogP contribution is -2.46. The molecule has 0 saturated carbocycles. The highest BCUT2D eigenvalue weighted by Gasteiger charge is 2.44. The second-order valence-electron chi connectivity index (χ2n) is 6.49. The van der Waals surface area contributed by atoms with Gasteiger partial charge < -0.3 is 14.4 Å². The van der Waals surface area contributed by atoms with Crippen LogP contribution in [0.4, 0.5) is 0 Å². The van der Waals surface area contributed by atoms with Crippen molar-refractivity contribution in [2.24, 2.45) is 0 Å². The molecule has 0 radical (unpaired) electrons. The smallest absolute Gasteiger partial charge is 0.274 e. The molecule has 0 aromatic carbocycles. The van der Waals surface area contributed by atoms with E-state index in [2.05, 4.69) is 15.0 Å². The molecule has 130 valence electrons. The largest absolute Gasteiger partial charge is 0.472 e. The second-order valence-corrected chi connectivity index (χ2v) is 6.49. The quantitative estimate of drug-likeness (QED) is 0.847. The molecule has 2 aromatic heterocycles. The zero-order valence-electron chi connectivity index (χ0n) is 13.9. The van der Waals surface area contributed by atoms with E-state index >= 15 is 0 Å². The van der Waals surface area contributed by atoms with Crippen LogP contribution in [0.25, 0.3) is 0 Å². The number of carbonyl (C=O) groups is 1. The normalized spacial score (nSPS) is 22.1. The van der Waals surface area contributed by atoms with Gasteiger partial charge in [0.15, 0.2) is 0 Å². The number of pyridine rings is 1. The van der Waals surface area contributed by atoms with E-state index in [4.69, 9.17) is 9.47 Å². The van der Waals surface area contributed by atoms with Crippen LogP contribution in [-0.4, -0.2) is 57.2 Å². The average molecular weight is 340 g/mol. The molecule has 4 heterocycles. The van der Waals surface area contributed by atoms with Crippen molar-refractivity contribution in [3.05, 3.63) is 48.7 Å². The third kappa shape index (κ3) is 3.46. The summed E-state index contributed by atoms with van der Waals surface area (Å²) in [6.07, 6.45) is 8.79. The van der Waals surface area contributed by atoms with Gasteiger partial charge in [-0.2, -0.15) is 0 Å². The summed E-state index contributed by atoms with van der Waals surface area (Å²) in [5, 5.41) is 0. The van der Waals surface area contributed by atoms with Gasteiger partial charge >= 0.3 is 0 Å². The first-order valence-electron chi connectivity index (χ1n) is 8.51. The first kappa shape index (κ1) is 16.0. The first-order chi connectivity index (χ1) is 12.2. The Labute approximate surface area is 146 Å². The number of likely N-dealkylation sites (tertiary alicyclic amines) is 1. The SMILES string of the molecule is O=C(c1cnccn1)N1CCC2(CC1)C[C@H](Oc1ccccn1)CO2. The van der Waals surface area contributed by atoms with Gasteiger partial charge in [0, 0.05) is 44.2 Å². The van der Waals surface area contributed by atoms with Gasteiger partial charge in [0.1, 0.15) is 11.8 Å². The Morgan fingerprint density at radius 2 is 2.08 bits per heavy atom. The molecule has 1 spiro atoms. The number of ether oxygens (including phenoxy) is 2. The fraction of sp³-hybridized carbons (Fsp3) is 0.444. The molecule has 2 aliphatic rings. The molecular formula is C18H20N4O3. The van der Waals surface area contributed by atoms with Crippen molar-refractivity contribution in [3.63, 3.8) is 0 Å². The molecule has 0 aliphatic carbocycles. The van der Waals surface area contributed by atoms with Crippen molar-refractivity contribution >= 4 is 5.91 Å². The van der Waals surface area contributed by atoms with E-state index in [0.717, 1.165) is 19.3 Å². The molecule has 25 heavy (non-hydrogen) atoms. The third-order valence-corrected chi connectivity index (χ3v) is 4.84. The van der Waals surface area contributed by atoms with Crippen LogP contribution >= 0.6 is 0 Å². The third-order valence-electron chi connectivity index (χ3n) is 4.84. The second kappa shape index (κ2) is 6.76. The Morgan fingerprint density at radius 1 is 1.20 bits per heavy atom. The van der Waals surface area contributed by atoms with Gasteiger partial charge in [-0.1, -0.05) is 6.07 Å². The zero-order chi connectivity index (χ0) is 17.1. The summed E-state index contributed by atoms with van der Waals surface area (Å²) < 4.78 is 12.0. The topological polar surface area (TPSA) is 77.4 Å². The molecule has 2 fully saturated rings. The number of hydrogen-bond acceptors (Lipinski definition) is 6. The van der Waals surface area contributed by atoms with Gasteiger partial charge in [0.25, 0.3) is 5.91 Å². The summed E-state index contributed by atoms with van der Waals surface area (Å²) in [4.78, 5) is 26.5. The standard InChI is InChI=1S/C18H20N4O3/c23-17(15-12-19-7-8-20-15)22-9-4-18(5-10-22)11-14(13-24-18)25-16-3-1-2-6-21-16/h1-3,6-8,12,14H,4-5,9-11,13H2/t14-/m0/s1. The maximum absolute atomic E-state index is 12.5. The van der Waals surface area contributed by atoms with Gasteiger partial charge in [0.05, 0.1) is 18.4 Å². The molecule has 0 N–H and O–H groups in total. The summed E-state index contributed by atoms with van der Waals surface area (Å²) in [6.45, 7) is 1.88. The average Bonchev–Trinajstić information content (AvgIpc) is 3.05. The lowest BCUT2D eigenvalue weighted by Gasteiger charge is -2.38. The predicted octanol–water partition coefficient (Wildman–Crippen LogP) is 1.71. The number of amides is 1. The summed E-state index contributed by atoms with van der Waals surface area (Å²) >= 11 is 0. The van der Waals surface area contributed by atoms with Crippen LogP contribution in [-0.2, 0) is 4.74 Å². The highest BCUT2D eigenvalue weighted by Crippen LogP contribution is 2.37. The van der Waals surface area contributed by atoms with Gasteiger partial charge in [-0.05, 0) is 18.9 Å². The fourth-order valence-electron chi connectivity index (χ4n) is 3.50. The number of rotatable bonds is 3. The van der Waals surface area contributed by atoms with Crippen molar-refractivity contribution in [1.82, 2.24) is 19.9 Å². The van der Waals surface area contributed by atoms with Crippen molar-refractivity contribution in [3.8, 4) is 5.88 Å². The lowest BCUT2D eigenvalue weighted by molar-refractivity contribution is -0.0396. The molecule has 1 amide bonds. The molecular weight excluding hydrogens is 320 g/mol. The maximum atomic E-state index is 12.5. The minimum Gasteiger partial charge on any atom is -0.472 e. The van der Waals surface area contributed by atoms with Crippen LogP contribution < -0.4 is 4.74 Å². The van der Waals surface area contributed by atoms with Crippen LogP contribution in [0.5, 0.6) is 5.88 Å². The molecule has 2 saturated heterocycles. The number of aromatic nitrogens is 3. The molecule has 0 unspecified atom stereocenters. The number of piperidine rings is 1. The van der Waals surface area contributed by atoms with Crippen molar-refractivity contribution < 1.29 is 14.3 Å². The number of hydrogen-bond donors (Lipinski definition) is 0. The van der Waals surface area contributed by atoms with Crippen LogP contribution in [0.1, 0.15) is 29.8 Å². The molecule has 2 aliphatic heterocycles. The Balaban J connectivity index is 1.33. The minimum absolute atomic E-state index is 0.0112. The van der Waals surface area contributed by atoms with Crippen LogP contribution in [0.2, 0.25) is 0 Å². The van der Waals surface area contributed by atoms with Crippen LogP contribution in [0.3, 0.4) is 0 Å². The van der Waals surface area contributed by atoms with E-state index in [1.807, 2.05) is 23.1 Å². The van der Waals surface area contributed by atoms with Gasteiger partial charge in [-0.3, -0.25) is 9.78 Å². The van der Waals surface area contributed by atoms with E-state index in [0.29, 0.717) is 31.3 Å². The zero-order valence-corrected chi connectivity index (χ0v) is 13.9. The van der Waals surface area contributed by atoms with E-state index in [9.17, 15) is 4.79 Å². The van der Waals surface area contributed by atoms with Crippen molar-refractivity contribution in [2.75, 3.05) is 19.7 Å². The summed E-state index contributed by atoms with van der Waals surface area (Å²) in [5.74, 6) is 0.561. The van der Waals surface area contributed by atoms with E-state index < -0.39 is 0 Å². The fourth-order valence-corrected chi connectivity index (χ4v) is 3.50. The molecule has 2 aromatic rings. The van der Waals surface area contributed by atoms with Crippen LogP contribution in [0, 0.1) is 0 Å². The predicted molar refractivity (Wildman–Crippen MR) is 89.1 cm³/mol. The number of nitrogens with zero attached hydrogens (tertiary/aromatic N) is 4. The summed E-state index contributed by atoms with van der Waals surface area (Å²) in [6, 6.07) is 5.63. The number of carbonyl (C=O) groups excluding carboxylic acids is 1. The molecule has 0 bridgehead atoms. The highest BCUT2D eigenvalue weighted by atomic mass is 16.6. The Bertz CT molecular complexity index is 718. The summed E-state index contributed by atoms with van der Waals surface area (Å²) in [5.41, 5.74) is 0.195. The van der Waals surface area contributed by atoms with Crippen LogP contribution in [0.15, 0.2) is 43.0 Å². The van der Waals surface area contributed by atoms with Gasteiger partial charge in [-0.15, -0.1) is 0 Å². The minimum atomic E-state index is -0.196. The monoisotopic (exact) mass is 340 g/mol. The lowest BCUT2D eigenvalue weighted by atomic mass is 9.88. The highest BCUT2D eigenvalue weighted by molar-refractivity contribution is 5.92. The van der Waals surface area contributed by atoms with E-state index in [-0.39, 0.29) is 17.6 Å². The Morgan fingerprint density at radius 3 is 2.80 bits per heavy atom. The molecule has 1 atom stereocenters. The van der Waals surface area contributed by atoms with Gasteiger partial charge in [0.2, 0.25) is 5.88 Å². The Hall–Kier alpha value is -2.54. The van der Waals surface area contributed by atoms with Crippen molar-refractivity contribution in [2.45, 2.75) is 31.0 Å². The van der Waals surface area contributed by atoms with E-state index in [1.54, 1.807) is 12.4 Å². The van der Waals surface area contributed by atoms with Crippen molar-refractivity contribution in [1.29, 1.82) is 0 Å². The first-order valence-corrected chi connectivity index (χ1v) is 8.51. The summed E-state index contributed by atoms with van der Waals surface area (Å²) in [7, 11) is 0. The Kier molecular flexibility index (Phi) is 4.31. The maximum Gasteiger partial charge on any atom is 0.274 e. The molecule has 4 rings (SSSR count). The molecule has 7 heteroatoms.